The Balaban J connectivity index is 1.25. The van der Waals surface area contributed by atoms with E-state index in [1.807, 2.05) is 29.2 Å². The Morgan fingerprint density at radius 3 is 2.54 bits per heavy atom. The number of aromatic nitrogens is 2. The van der Waals surface area contributed by atoms with Gasteiger partial charge in [0, 0.05) is 56.6 Å². The predicted molar refractivity (Wildman–Crippen MR) is 107 cm³/mol. The monoisotopic (exact) mass is 379 g/mol. The van der Waals surface area contributed by atoms with Crippen molar-refractivity contribution in [3.8, 4) is 0 Å². The van der Waals surface area contributed by atoms with Gasteiger partial charge in [0.05, 0.1) is 6.20 Å². The zero-order chi connectivity index (χ0) is 19.3. The van der Waals surface area contributed by atoms with E-state index in [-0.39, 0.29) is 17.7 Å². The molecule has 2 fully saturated rings. The average Bonchev–Trinajstić information content (AvgIpc) is 3.19. The second-order valence-electron chi connectivity index (χ2n) is 7.36. The number of rotatable bonds is 5. The van der Waals surface area contributed by atoms with E-state index in [0.717, 1.165) is 56.0 Å². The molecule has 0 atom stereocenters. The molecule has 146 valence electrons. The fraction of sp³-hybridized carbons (Fsp3) is 0.429. The minimum atomic E-state index is 0.0365. The maximum atomic E-state index is 12.5. The van der Waals surface area contributed by atoms with Crippen LogP contribution < -0.4 is 15.1 Å². The number of hydrogen-bond acceptors (Lipinski definition) is 5. The fourth-order valence-corrected chi connectivity index (χ4v) is 3.87. The Bertz CT molecular complexity index is 816. The van der Waals surface area contributed by atoms with Crippen LogP contribution in [0.2, 0.25) is 0 Å². The number of hydrogen-bond donors (Lipinski definition) is 1. The van der Waals surface area contributed by atoms with E-state index in [1.54, 1.807) is 18.6 Å². The van der Waals surface area contributed by atoms with Crippen LogP contribution in [0.5, 0.6) is 0 Å². The van der Waals surface area contributed by atoms with Gasteiger partial charge in [-0.3, -0.25) is 14.6 Å². The van der Waals surface area contributed by atoms with Gasteiger partial charge in [0.15, 0.2) is 0 Å². The van der Waals surface area contributed by atoms with Gasteiger partial charge in [-0.1, -0.05) is 12.1 Å². The molecule has 2 aromatic rings. The van der Waals surface area contributed by atoms with Crippen molar-refractivity contribution < 1.29 is 9.59 Å². The van der Waals surface area contributed by atoms with Crippen molar-refractivity contribution in [1.29, 1.82) is 0 Å². The number of piperidine rings is 1. The summed E-state index contributed by atoms with van der Waals surface area (Å²) in [5.41, 5.74) is 1.98. The first-order valence-electron chi connectivity index (χ1n) is 9.89. The summed E-state index contributed by atoms with van der Waals surface area (Å²) in [5, 5.41) is 3.06. The molecule has 0 unspecified atom stereocenters. The van der Waals surface area contributed by atoms with Gasteiger partial charge in [0.25, 0.3) is 0 Å². The number of nitrogens with one attached hydrogen (secondary N) is 1. The summed E-state index contributed by atoms with van der Waals surface area (Å²) in [6.07, 6.45) is 8.31. The van der Waals surface area contributed by atoms with Crippen LogP contribution in [0.3, 0.4) is 0 Å². The Morgan fingerprint density at radius 2 is 1.89 bits per heavy atom. The Hall–Kier alpha value is -2.96. The second kappa shape index (κ2) is 8.37. The molecular formula is C21H25N5O2. The zero-order valence-corrected chi connectivity index (χ0v) is 15.9. The quantitative estimate of drug-likeness (QED) is 0.861. The molecule has 3 heterocycles. The molecule has 2 aliphatic rings. The summed E-state index contributed by atoms with van der Waals surface area (Å²) in [6.45, 7) is 2.93. The summed E-state index contributed by atoms with van der Waals surface area (Å²) < 4.78 is 0. The largest absolute Gasteiger partial charge is 0.355 e. The molecular weight excluding hydrogens is 354 g/mol. The van der Waals surface area contributed by atoms with Crippen LogP contribution in [0.1, 0.15) is 31.2 Å². The smallest absolute Gasteiger partial charge is 0.227 e. The predicted octanol–water partition coefficient (Wildman–Crippen LogP) is 2.14. The number of benzene rings is 1. The first kappa shape index (κ1) is 18.4. The van der Waals surface area contributed by atoms with Gasteiger partial charge in [-0.25, -0.2) is 4.98 Å². The van der Waals surface area contributed by atoms with E-state index in [2.05, 4.69) is 20.2 Å². The summed E-state index contributed by atoms with van der Waals surface area (Å²) in [5.74, 6) is 1.21. The normalized spacial score (nSPS) is 17.8. The molecule has 4 rings (SSSR count). The SMILES string of the molecule is O=C(NCc1ccc(N2CCCC2=O)cc1)C1CCN(c2cnccn2)CC1. The molecule has 1 aromatic carbocycles. The van der Waals surface area contributed by atoms with E-state index in [4.69, 9.17) is 0 Å². The Kier molecular flexibility index (Phi) is 5.50. The standard InChI is InChI=1S/C21H25N5O2/c27-20-2-1-11-26(20)18-5-3-16(4-6-18)14-24-21(28)17-7-12-25(13-8-17)19-15-22-9-10-23-19/h3-6,9-10,15,17H,1-2,7-8,11-14H2,(H,24,28). The third-order valence-corrected chi connectivity index (χ3v) is 5.53. The fourth-order valence-electron chi connectivity index (χ4n) is 3.87. The van der Waals surface area contributed by atoms with Crippen LogP contribution in [0.15, 0.2) is 42.9 Å². The highest BCUT2D eigenvalue weighted by Gasteiger charge is 2.25. The van der Waals surface area contributed by atoms with Crippen LogP contribution in [-0.4, -0.2) is 41.4 Å². The van der Waals surface area contributed by atoms with Crippen molar-refractivity contribution in [2.24, 2.45) is 5.92 Å². The van der Waals surface area contributed by atoms with Crippen molar-refractivity contribution >= 4 is 23.3 Å². The highest BCUT2D eigenvalue weighted by atomic mass is 16.2. The van der Waals surface area contributed by atoms with Crippen LogP contribution in [0.25, 0.3) is 0 Å². The van der Waals surface area contributed by atoms with Crippen molar-refractivity contribution in [2.45, 2.75) is 32.2 Å². The lowest BCUT2D eigenvalue weighted by Gasteiger charge is -2.31. The molecule has 28 heavy (non-hydrogen) atoms. The first-order chi connectivity index (χ1) is 13.7. The molecule has 7 nitrogen and oxygen atoms in total. The van der Waals surface area contributed by atoms with Crippen molar-refractivity contribution in [2.75, 3.05) is 29.4 Å². The summed E-state index contributed by atoms with van der Waals surface area (Å²) in [7, 11) is 0. The molecule has 1 aromatic heterocycles. The molecule has 0 saturated carbocycles. The first-order valence-corrected chi connectivity index (χ1v) is 9.89. The molecule has 0 aliphatic carbocycles. The van der Waals surface area contributed by atoms with Crippen molar-refractivity contribution in [3.63, 3.8) is 0 Å². The van der Waals surface area contributed by atoms with Crippen LogP contribution in [0, 0.1) is 5.92 Å². The van der Waals surface area contributed by atoms with E-state index in [1.165, 1.54) is 0 Å². The minimum absolute atomic E-state index is 0.0365. The molecule has 7 heteroatoms. The van der Waals surface area contributed by atoms with Crippen LogP contribution in [-0.2, 0) is 16.1 Å². The van der Waals surface area contributed by atoms with Gasteiger partial charge >= 0.3 is 0 Å². The highest BCUT2D eigenvalue weighted by molar-refractivity contribution is 5.95. The third-order valence-electron chi connectivity index (χ3n) is 5.53. The lowest BCUT2D eigenvalue weighted by atomic mass is 9.96. The summed E-state index contributed by atoms with van der Waals surface area (Å²) in [4.78, 5) is 36.8. The summed E-state index contributed by atoms with van der Waals surface area (Å²) >= 11 is 0. The molecule has 0 radical (unpaired) electrons. The van der Waals surface area contributed by atoms with Crippen LogP contribution in [0.4, 0.5) is 11.5 Å². The number of anilines is 2. The molecule has 2 amide bonds. The van der Waals surface area contributed by atoms with Crippen molar-refractivity contribution in [3.05, 3.63) is 48.4 Å². The maximum absolute atomic E-state index is 12.5. The molecule has 0 bridgehead atoms. The van der Waals surface area contributed by atoms with Gasteiger partial charge in [-0.05, 0) is 37.0 Å². The number of carbonyl (C=O) groups is 2. The van der Waals surface area contributed by atoms with E-state index < -0.39 is 0 Å². The maximum Gasteiger partial charge on any atom is 0.227 e. The van der Waals surface area contributed by atoms with E-state index in [9.17, 15) is 9.59 Å². The number of carbonyl (C=O) groups excluding carboxylic acids is 2. The third kappa shape index (κ3) is 4.13. The minimum Gasteiger partial charge on any atom is -0.355 e. The summed E-state index contributed by atoms with van der Waals surface area (Å²) in [6, 6.07) is 7.89. The Labute approximate surface area is 164 Å². The van der Waals surface area contributed by atoms with E-state index in [0.29, 0.717) is 13.0 Å². The number of amides is 2. The highest BCUT2D eigenvalue weighted by Crippen LogP contribution is 2.23. The molecule has 2 saturated heterocycles. The van der Waals surface area contributed by atoms with Gasteiger partial charge in [-0.2, -0.15) is 0 Å². The Morgan fingerprint density at radius 1 is 1.11 bits per heavy atom. The molecule has 1 N–H and O–H groups in total. The topological polar surface area (TPSA) is 78.4 Å². The van der Waals surface area contributed by atoms with Gasteiger partial charge < -0.3 is 15.1 Å². The van der Waals surface area contributed by atoms with Gasteiger partial charge in [0.1, 0.15) is 5.82 Å². The van der Waals surface area contributed by atoms with Crippen molar-refractivity contribution in [1.82, 2.24) is 15.3 Å². The number of nitrogens with zero attached hydrogens (tertiary/aromatic N) is 4. The second-order valence-corrected chi connectivity index (χ2v) is 7.36. The molecule has 2 aliphatic heterocycles. The van der Waals surface area contributed by atoms with Crippen LogP contribution >= 0.6 is 0 Å². The van der Waals surface area contributed by atoms with Gasteiger partial charge in [-0.15, -0.1) is 0 Å². The lowest BCUT2D eigenvalue weighted by Crippen LogP contribution is -2.40. The lowest BCUT2D eigenvalue weighted by molar-refractivity contribution is -0.125. The molecule has 0 spiro atoms. The van der Waals surface area contributed by atoms with E-state index >= 15 is 0 Å². The van der Waals surface area contributed by atoms with Gasteiger partial charge in [0.2, 0.25) is 11.8 Å². The zero-order valence-electron chi connectivity index (χ0n) is 15.9. The average molecular weight is 379 g/mol.